The molecule has 0 unspecified atom stereocenters. The van der Waals surface area contributed by atoms with Gasteiger partial charge in [-0.3, -0.25) is 9.59 Å². The number of aromatic nitrogens is 1. The van der Waals surface area contributed by atoms with Crippen LogP contribution in [0.25, 0.3) is 10.9 Å². The van der Waals surface area contributed by atoms with Crippen LogP contribution >= 0.6 is 0 Å². The van der Waals surface area contributed by atoms with Crippen LogP contribution in [0.15, 0.2) is 66.7 Å². The Labute approximate surface area is 174 Å². The van der Waals surface area contributed by atoms with Gasteiger partial charge in [-0.25, -0.2) is 4.98 Å². The molecule has 1 aliphatic heterocycles. The molecule has 2 heterocycles. The summed E-state index contributed by atoms with van der Waals surface area (Å²) in [4.78, 5) is 33.7. The van der Waals surface area contributed by atoms with E-state index in [1.165, 1.54) is 0 Å². The average Bonchev–Trinajstić information content (AvgIpc) is 2.82. The molecule has 0 saturated carbocycles. The van der Waals surface area contributed by atoms with Gasteiger partial charge in [0, 0.05) is 37.3 Å². The molecule has 1 fully saturated rings. The smallest absolute Gasteiger partial charge is 0.270 e. The number of carbonyl (C=O) groups excluding carboxylic acids is 2. The van der Waals surface area contributed by atoms with Crippen LogP contribution in [0.1, 0.15) is 10.5 Å². The number of benzene rings is 2. The number of aliphatic hydroxyl groups is 1. The Hall–Kier alpha value is -3.45. The minimum Gasteiger partial charge on any atom is -0.394 e. The molecule has 30 heavy (non-hydrogen) atoms. The number of carbonyl (C=O) groups is 2. The van der Waals surface area contributed by atoms with Gasteiger partial charge in [0.25, 0.3) is 5.91 Å². The third-order valence-corrected chi connectivity index (χ3v) is 5.33. The number of hydrogen-bond donors (Lipinski definition) is 2. The summed E-state index contributed by atoms with van der Waals surface area (Å²) in [6.07, 6.45) is 0. The monoisotopic (exact) mass is 404 g/mol. The Morgan fingerprint density at radius 1 is 0.933 bits per heavy atom. The van der Waals surface area contributed by atoms with Gasteiger partial charge in [0.1, 0.15) is 11.7 Å². The highest BCUT2D eigenvalue weighted by atomic mass is 16.3. The van der Waals surface area contributed by atoms with Gasteiger partial charge in [-0.2, -0.15) is 0 Å². The zero-order valence-corrected chi connectivity index (χ0v) is 16.6. The van der Waals surface area contributed by atoms with E-state index in [9.17, 15) is 14.7 Å². The van der Waals surface area contributed by atoms with Gasteiger partial charge >= 0.3 is 0 Å². The predicted molar refractivity (Wildman–Crippen MR) is 115 cm³/mol. The number of nitrogens with one attached hydrogen (secondary N) is 1. The van der Waals surface area contributed by atoms with Crippen LogP contribution in [0.4, 0.5) is 5.69 Å². The van der Waals surface area contributed by atoms with Crippen molar-refractivity contribution in [2.24, 2.45) is 0 Å². The van der Waals surface area contributed by atoms with Crippen molar-refractivity contribution in [2.75, 3.05) is 37.7 Å². The molecule has 2 N–H and O–H groups in total. The fraction of sp³-hybridized carbons (Fsp3) is 0.261. The Balaban J connectivity index is 1.38. The van der Waals surface area contributed by atoms with E-state index in [1.807, 2.05) is 60.7 Å². The van der Waals surface area contributed by atoms with E-state index in [2.05, 4.69) is 15.2 Å². The summed E-state index contributed by atoms with van der Waals surface area (Å²) >= 11 is 0. The maximum absolute atomic E-state index is 12.9. The maximum atomic E-state index is 12.9. The Bertz CT molecular complexity index is 1030. The number of nitrogens with zero attached hydrogens (tertiary/aromatic N) is 3. The minimum atomic E-state index is -0.992. The van der Waals surface area contributed by atoms with E-state index in [-0.39, 0.29) is 11.6 Å². The molecule has 2 amide bonds. The second-order valence-corrected chi connectivity index (χ2v) is 7.25. The van der Waals surface area contributed by atoms with Crippen molar-refractivity contribution in [3.05, 3.63) is 72.4 Å². The first-order chi connectivity index (χ1) is 14.7. The molecule has 0 bridgehead atoms. The number of anilines is 1. The van der Waals surface area contributed by atoms with Gasteiger partial charge < -0.3 is 20.2 Å². The topological polar surface area (TPSA) is 85.8 Å². The molecule has 7 nitrogen and oxygen atoms in total. The first kappa shape index (κ1) is 19.8. The number of rotatable bonds is 5. The van der Waals surface area contributed by atoms with Crippen molar-refractivity contribution in [3.63, 3.8) is 0 Å². The third-order valence-electron chi connectivity index (χ3n) is 5.33. The lowest BCUT2D eigenvalue weighted by atomic mass is 10.2. The summed E-state index contributed by atoms with van der Waals surface area (Å²) in [6, 6.07) is 20.0. The SMILES string of the molecule is O=C(N[C@@H](CO)C(=O)N1CCN(c2ccccc2)CC1)c1ccc2ccccc2n1. The summed E-state index contributed by atoms with van der Waals surface area (Å²) < 4.78 is 0. The average molecular weight is 404 g/mol. The van der Waals surface area contributed by atoms with Crippen molar-refractivity contribution in [3.8, 4) is 0 Å². The quantitative estimate of drug-likeness (QED) is 0.676. The lowest BCUT2D eigenvalue weighted by molar-refractivity contribution is -0.134. The molecule has 2 aromatic carbocycles. The molecule has 1 atom stereocenters. The molecule has 7 heteroatoms. The van der Waals surface area contributed by atoms with Crippen molar-refractivity contribution in [1.82, 2.24) is 15.2 Å². The van der Waals surface area contributed by atoms with Crippen LogP contribution in [0.2, 0.25) is 0 Å². The van der Waals surface area contributed by atoms with E-state index in [4.69, 9.17) is 0 Å². The molecule has 1 aliphatic rings. The van der Waals surface area contributed by atoms with Gasteiger partial charge in [0.2, 0.25) is 5.91 Å². The van der Waals surface area contributed by atoms with Gasteiger partial charge in [0.15, 0.2) is 0 Å². The molecule has 0 aliphatic carbocycles. The number of hydrogen-bond acceptors (Lipinski definition) is 5. The third kappa shape index (κ3) is 4.26. The van der Waals surface area contributed by atoms with Crippen LogP contribution in [0.5, 0.6) is 0 Å². The number of fused-ring (bicyclic) bond motifs is 1. The summed E-state index contributed by atoms with van der Waals surface area (Å²) in [7, 11) is 0. The number of piperazine rings is 1. The van der Waals surface area contributed by atoms with Gasteiger partial charge in [0.05, 0.1) is 12.1 Å². The van der Waals surface area contributed by atoms with Gasteiger partial charge in [-0.05, 0) is 24.3 Å². The highest BCUT2D eigenvalue weighted by molar-refractivity contribution is 5.97. The normalized spacial score (nSPS) is 15.1. The standard InChI is InChI=1S/C23H24N4O3/c28-16-21(25-22(29)20-11-10-17-6-4-5-9-19(17)24-20)23(30)27-14-12-26(13-15-27)18-7-2-1-3-8-18/h1-11,21,28H,12-16H2,(H,25,29)/t21-/m0/s1. The minimum absolute atomic E-state index is 0.217. The summed E-state index contributed by atoms with van der Waals surface area (Å²) in [5, 5.41) is 13.3. The fourth-order valence-corrected chi connectivity index (χ4v) is 3.65. The molecule has 3 aromatic rings. The summed E-state index contributed by atoms with van der Waals surface area (Å²) in [5.74, 6) is -0.754. The first-order valence-electron chi connectivity index (χ1n) is 10.0. The van der Waals surface area contributed by atoms with Crippen LogP contribution in [-0.4, -0.2) is 65.6 Å². The van der Waals surface area contributed by atoms with Crippen molar-refractivity contribution >= 4 is 28.4 Å². The van der Waals surface area contributed by atoms with Gasteiger partial charge in [-0.15, -0.1) is 0 Å². The largest absolute Gasteiger partial charge is 0.394 e. The number of aliphatic hydroxyl groups excluding tert-OH is 1. The molecular weight excluding hydrogens is 380 g/mol. The zero-order chi connectivity index (χ0) is 20.9. The van der Waals surface area contributed by atoms with Crippen molar-refractivity contribution in [2.45, 2.75) is 6.04 Å². The highest BCUT2D eigenvalue weighted by Gasteiger charge is 2.28. The van der Waals surface area contributed by atoms with Crippen molar-refractivity contribution in [1.29, 1.82) is 0 Å². The summed E-state index contributed by atoms with van der Waals surface area (Å²) in [6.45, 7) is 2.02. The Kier molecular flexibility index (Phi) is 5.90. The van der Waals surface area contributed by atoms with Crippen LogP contribution in [0, 0.1) is 0 Å². The number of para-hydroxylation sites is 2. The molecule has 1 saturated heterocycles. The highest BCUT2D eigenvalue weighted by Crippen LogP contribution is 2.16. The predicted octanol–water partition coefficient (Wildman–Crippen LogP) is 1.67. The second-order valence-electron chi connectivity index (χ2n) is 7.25. The zero-order valence-electron chi connectivity index (χ0n) is 16.6. The molecule has 0 spiro atoms. The Morgan fingerprint density at radius 3 is 2.37 bits per heavy atom. The first-order valence-corrected chi connectivity index (χ1v) is 10.0. The van der Waals surface area contributed by atoms with E-state index in [1.54, 1.807) is 11.0 Å². The van der Waals surface area contributed by atoms with Crippen molar-refractivity contribution < 1.29 is 14.7 Å². The number of pyridine rings is 1. The van der Waals surface area contributed by atoms with E-state index in [0.717, 1.165) is 11.1 Å². The number of amides is 2. The van der Waals surface area contributed by atoms with E-state index >= 15 is 0 Å². The van der Waals surface area contributed by atoms with Crippen LogP contribution < -0.4 is 10.2 Å². The lowest BCUT2D eigenvalue weighted by Crippen LogP contribution is -2.56. The molecule has 154 valence electrons. The molecule has 1 aromatic heterocycles. The maximum Gasteiger partial charge on any atom is 0.270 e. The van der Waals surface area contributed by atoms with Crippen LogP contribution in [-0.2, 0) is 4.79 Å². The lowest BCUT2D eigenvalue weighted by Gasteiger charge is -2.37. The van der Waals surface area contributed by atoms with Crippen LogP contribution in [0.3, 0.4) is 0 Å². The van der Waals surface area contributed by atoms with E-state index < -0.39 is 18.6 Å². The van der Waals surface area contributed by atoms with Gasteiger partial charge in [-0.1, -0.05) is 42.5 Å². The summed E-state index contributed by atoms with van der Waals surface area (Å²) in [5.41, 5.74) is 2.04. The fourth-order valence-electron chi connectivity index (χ4n) is 3.65. The second kappa shape index (κ2) is 8.92. The Morgan fingerprint density at radius 2 is 1.63 bits per heavy atom. The molecular formula is C23H24N4O3. The molecule has 0 radical (unpaired) electrons. The molecule has 4 rings (SSSR count). The van der Waals surface area contributed by atoms with E-state index in [0.29, 0.717) is 31.7 Å².